The van der Waals surface area contributed by atoms with Gasteiger partial charge in [0.2, 0.25) is 11.9 Å². The molecule has 23 heavy (non-hydrogen) atoms. The monoisotopic (exact) mass is 314 g/mol. The first-order valence-electron chi connectivity index (χ1n) is 7.69. The predicted octanol–water partition coefficient (Wildman–Crippen LogP) is 2.63. The maximum Gasteiger partial charge on any atom is 0.375 e. The van der Waals surface area contributed by atoms with E-state index < -0.39 is 12.1 Å². The van der Waals surface area contributed by atoms with Gasteiger partial charge in [-0.3, -0.25) is 9.78 Å². The maximum absolute atomic E-state index is 12.6. The quantitative estimate of drug-likeness (QED) is 0.858. The number of amides is 1. The van der Waals surface area contributed by atoms with Crippen molar-refractivity contribution in [3.05, 3.63) is 54.2 Å². The van der Waals surface area contributed by atoms with E-state index in [1.165, 1.54) is 12.3 Å². The second kappa shape index (κ2) is 7.09. The summed E-state index contributed by atoms with van der Waals surface area (Å²) >= 11 is 0. The third kappa shape index (κ3) is 3.77. The van der Waals surface area contributed by atoms with Crippen molar-refractivity contribution in [1.82, 2.24) is 10.3 Å². The van der Waals surface area contributed by atoms with Crippen LogP contribution in [0.5, 0.6) is 0 Å². The van der Waals surface area contributed by atoms with Gasteiger partial charge in [0.25, 0.3) is 5.91 Å². The number of hydrogen-bond acceptors (Lipinski definition) is 5. The summed E-state index contributed by atoms with van der Waals surface area (Å²) in [5.41, 5.74) is 0.579. The summed E-state index contributed by atoms with van der Waals surface area (Å²) < 4.78 is 10.4. The summed E-state index contributed by atoms with van der Waals surface area (Å²) in [6.45, 7) is 0. The molecule has 1 unspecified atom stereocenters. The molecule has 0 aliphatic heterocycles. The Morgan fingerprint density at radius 3 is 2.61 bits per heavy atom. The summed E-state index contributed by atoms with van der Waals surface area (Å²) in [5.74, 6) is -0.917. The highest BCUT2D eigenvalue weighted by molar-refractivity contribution is 5.90. The molecule has 1 aliphatic carbocycles. The molecule has 1 amide bonds. The van der Waals surface area contributed by atoms with Crippen molar-refractivity contribution in [2.45, 2.75) is 37.8 Å². The van der Waals surface area contributed by atoms with Crippen molar-refractivity contribution < 1.29 is 18.7 Å². The van der Waals surface area contributed by atoms with E-state index in [4.69, 9.17) is 9.15 Å². The van der Waals surface area contributed by atoms with Crippen LogP contribution in [0.3, 0.4) is 0 Å². The van der Waals surface area contributed by atoms with Crippen LogP contribution in [0.25, 0.3) is 0 Å². The molecule has 6 nitrogen and oxygen atoms in total. The lowest BCUT2D eigenvalue weighted by molar-refractivity contribution is -0.131. The van der Waals surface area contributed by atoms with Gasteiger partial charge in [-0.2, -0.15) is 0 Å². The van der Waals surface area contributed by atoms with E-state index in [-0.39, 0.29) is 17.7 Å². The standard InChI is InChI=1S/C17H18N2O4/c20-16(19-13-4-1-2-5-13)15(12-7-9-18-10-8-12)23-17(21)14-6-3-11-22-14/h3,6-11,13,15H,1-2,4-5H2,(H,19,20). The number of carbonyl (C=O) groups excluding carboxylic acids is 2. The lowest BCUT2D eigenvalue weighted by Crippen LogP contribution is -2.38. The van der Waals surface area contributed by atoms with Crippen molar-refractivity contribution in [3.63, 3.8) is 0 Å². The zero-order valence-corrected chi connectivity index (χ0v) is 12.6. The smallest absolute Gasteiger partial charge is 0.375 e. The van der Waals surface area contributed by atoms with Gasteiger partial charge in [-0.15, -0.1) is 0 Å². The van der Waals surface area contributed by atoms with Gasteiger partial charge in [0.05, 0.1) is 6.26 Å². The van der Waals surface area contributed by atoms with Crippen molar-refractivity contribution in [1.29, 1.82) is 0 Å². The highest BCUT2D eigenvalue weighted by atomic mass is 16.6. The third-order valence-corrected chi connectivity index (χ3v) is 3.90. The van der Waals surface area contributed by atoms with Gasteiger partial charge >= 0.3 is 5.97 Å². The minimum Gasteiger partial charge on any atom is -0.457 e. The molecule has 2 aromatic heterocycles. The fourth-order valence-corrected chi connectivity index (χ4v) is 2.72. The van der Waals surface area contributed by atoms with E-state index in [1.54, 1.807) is 30.6 Å². The molecule has 1 aliphatic rings. The minimum absolute atomic E-state index is 0.0673. The molecular weight excluding hydrogens is 296 g/mol. The Kier molecular flexibility index (Phi) is 4.71. The van der Waals surface area contributed by atoms with Crippen molar-refractivity contribution >= 4 is 11.9 Å². The average Bonchev–Trinajstić information content (AvgIpc) is 3.26. The number of nitrogens with one attached hydrogen (secondary N) is 1. The van der Waals surface area contributed by atoms with Gasteiger partial charge in [-0.05, 0) is 37.1 Å². The van der Waals surface area contributed by atoms with Crippen LogP contribution < -0.4 is 5.32 Å². The molecule has 3 rings (SSSR count). The summed E-state index contributed by atoms with van der Waals surface area (Å²) in [6.07, 6.45) is 7.63. The molecule has 2 heterocycles. The van der Waals surface area contributed by atoms with E-state index in [2.05, 4.69) is 10.3 Å². The molecule has 1 N–H and O–H groups in total. The molecule has 6 heteroatoms. The van der Waals surface area contributed by atoms with E-state index in [0.29, 0.717) is 5.56 Å². The van der Waals surface area contributed by atoms with Gasteiger partial charge in [-0.1, -0.05) is 12.8 Å². The fraction of sp³-hybridized carbons (Fsp3) is 0.353. The Labute approximate surface area is 133 Å². The highest BCUT2D eigenvalue weighted by Gasteiger charge is 2.29. The van der Waals surface area contributed by atoms with Gasteiger partial charge < -0.3 is 14.5 Å². The van der Waals surface area contributed by atoms with Crippen LogP contribution in [-0.4, -0.2) is 22.9 Å². The number of esters is 1. The van der Waals surface area contributed by atoms with E-state index >= 15 is 0 Å². The van der Waals surface area contributed by atoms with Crippen LogP contribution in [0.1, 0.15) is 47.9 Å². The summed E-state index contributed by atoms with van der Waals surface area (Å²) in [5, 5.41) is 2.96. The van der Waals surface area contributed by atoms with E-state index in [0.717, 1.165) is 25.7 Å². The number of aromatic nitrogens is 1. The largest absolute Gasteiger partial charge is 0.457 e. The first-order chi connectivity index (χ1) is 11.2. The Balaban J connectivity index is 1.76. The zero-order chi connectivity index (χ0) is 16.1. The van der Waals surface area contributed by atoms with Crippen molar-refractivity contribution in [3.8, 4) is 0 Å². The van der Waals surface area contributed by atoms with Crippen LogP contribution >= 0.6 is 0 Å². The second-order valence-corrected chi connectivity index (χ2v) is 5.53. The topological polar surface area (TPSA) is 81.4 Å². The molecule has 120 valence electrons. The Hall–Kier alpha value is -2.63. The molecule has 1 saturated carbocycles. The molecule has 0 spiro atoms. The second-order valence-electron chi connectivity index (χ2n) is 5.53. The van der Waals surface area contributed by atoms with Crippen LogP contribution in [-0.2, 0) is 9.53 Å². The Morgan fingerprint density at radius 1 is 1.22 bits per heavy atom. The maximum atomic E-state index is 12.6. The van der Waals surface area contributed by atoms with Gasteiger partial charge in [0, 0.05) is 24.0 Å². The first-order valence-corrected chi connectivity index (χ1v) is 7.69. The number of ether oxygens (including phenoxy) is 1. The van der Waals surface area contributed by atoms with Crippen LogP contribution in [0.4, 0.5) is 0 Å². The van der Waals surface area contributed by atoms with Gasteiger partial charge in [-0.25, -0.2) is 4.79 Å². The summed E-state index contributed by atoms with van der Waals surface area (Å²) in [4.78, 5) is 28.6. The minimum atomic E-state index is -1.02. The molecule has 0 saturated heterocycles. The molecule has 0 aromatic carbocycles. The van der Waals surface area contributed by atoms with Crippen molar-refractivity contribution in [2.75, 3.05) is 0 Å². The van der Waals surface area contributed by atoms with Gasteiger partial charge in [0.1, 0.15) is 0 Å². The Morgan fingerprint density at radius 2 is 1.96 bits per heavy atom. The number of nitrogens with zero attached hydrogens (tertiary/aromatic N) is 1. The number of furan rings is 1. The van der Waals surface area contributed by atoms with Gasteiger partial charge in [0.15, 0.2) is 0 Å². The Bertz CT molecular complexity index is 648. The molecular formula is C17H18N2O4. The zero-order valence-electron chi connectivity index (χ0n) is 12.6. The molecule has 1 fully saturated rings. The summed E-state index contributed by atoms with van der Waals surface area (Å²) in [6, 6.07) is 6.56. The summed E-state index contributed by atoms with van der Waals surface area (Å²) in [7, 11) is 0. The molecule has 0 radical (unpaired) electrons. The molecule has 2 aromatic rings. The van der Waals surface area contributed by atoms with Crippen molar-refractivity contribution in [2.24, 2.45) is 0 Å². The van der Waals surface area contributed by atoms with Crippen LogP contribution in [0.15, 0.2) is 47.3 Å². The van der Waals surface area contributed by atoms with E-state index in [1.807, 2.05) is 0 Å². The number of carbonyl (C=O) groups is 2. The predicted molar refractivity (Wildman–Crippen MR) is 81.5 cm³/mol. The number of hydrogen-bond donors (Lipinski definition) is 1. The normalized spacial score (nSPS) is 16.0. The fourth-order valence-electron chi connectivity index (χ4n) is 2.72. The SMILES string of the molecule is O=C(OC(C(=O)NC1CCCC1)c1ccncc1)c1ccco1. The van der Waals surface area contributed by atoms with E-state index in [9.17, 15) is 9.59 Å². The van der Waals surface area contributed by atoms with Crippen LogP contribution in [0, 0.1) is 0 Å². The highest BCUT2D eigenvalue weighted by Crippen LogP contribution is 2.22. The lowest BCUT2D eigenvalue weighted by Gasteiger charge is -2.20. The average molecular weight is 314 g/mol. The first kappa shape index (κ1) is 15.3. The third-order valence-electron chi connectivity index (χ3n) is 3.90. The molecule has 0 bridgehead atoms. The van der Waals surface area contributed by atoms with Crippen LogP contribution in [0.2, 0.25) is 0 Å². The lowest BCUT2D eigenvalue weighted by atomic mass is 10.1. The number of rotatable bonds is 5. The molecule has 1 atom stereocenters. The number of pyridine rings is 1.